The summed E-state index contributed by atoms with van der Waals surface area (Å²) in [5.74, 6) is 0.777. The first-order valence-corrected chi connectivity index (χ1v) is 10.7. The highest BCUT2D eigenvalue weighted by Gasteiger charge is 2.18. The van der Waals surface area contributed by atoms with Gasteiger partial charge >= 0.3 is 6.09 Å². The quantitative estimate of drug-likeness (QED) is 0.399. The van der Waals surface area contributed by atoms with Gasteiger partial charge in [0, 0.05) is 23.4 Å². The lowest BCUT2D eigenvalue weighted by atomic mass is 10.2. The second-order valence-electron chi connectivity index (χ2n) is 8.33. The normalized spacial score (nSPS) is 11.6. The molecule has 172 valence electrons. The summed E-state index contributed by atoms with van der Waals surface area (Å²) in [5.41, 5.74) is 0.508. The number of nitrogens with one attached hydrogen (secondary N) is 2. The summed E-state index contributed by atoms with van der Waals surface area (Å²) in [4.78, 5) is 33.4. The maximum atomic E-state index is 12.6. The number of hydrogen-bond donors (Lipinski definition) is 2. The molecular weight excluding hydrogens is 448 g/mol. The van der Waals surface area contributed by atoms with Gasteiger partial charge in [-0.2, -0.15) is 4.52 Å². The molecule has 10 nitrogen and oxygen atoms in total. The van der Waals surface area contributed by atoms with E-state index in [0.29, 0.717) is 46.1 Å². The molecular formula is C22H23ClN6O4. The van der Waals surface area contributed by atoms with E-state index in [4.69, 9.17) is 20.8 Å². The lowest BCUT2D eigenvalue weighted by Crippen LogP contribution is -2.33. The van der Waals surface area contributed by atoms with Crippen molar-refractivity contribution in [3.63, 3.8) is 0 Å². The third kappa shape index (κ3) is 5.40. The molecule has 4 aromatic rings. The van der Waals surface area contributed by atoms with Crippen LogP contribution >= 0.6 is 11.6 Å². The molecule has 0 atom stereocenters. The average molecular weight is 471 g/mol. The molecule has 0 bridgehead atoms. The van der Waals surface area contributed by atoms with E-state index in [-0.39, 0.29) is 18.3 Å². The van der Waals surface area contributed by atoms with Crippen LogP contribution in [0.3, 0.4) is 0 Å². The molecule has 33 heavy (non-hydrogen) atoms. The number of carbonyl (C=O) groups excluding carboxylic acids is 2. The summed E-state index contributed by atoms with van der Waals surface area (Å²) in [5, 5.41) is 11.1. The van der Waals surface area contributed by atoms with E-state index in [1.165, 1.54) is 10.8 Å². The van der Waals surface area contributed by atoms with E-state index >= 15 is 0 Å². The first kappa shape index (κ1) is 22.5. The highest BCUT2D eigenvalue weighted by molar-refractivity contribution is 6.31. The minimum Gasteiger partial charge on any atom is -0.461 e. The van der Waals surface area contributed by atoms with Gasteiger partial charge < -0.3 is 14.5 Å². The number of halogens is 1. The highest BCUT2D eigenvalue weighted by Crippen LogP contribution is 2.26. The molecule has 0 saturated carbocycles. The third-order valence-electron chi connectivity index (χ3n) is 4.48. The van der Waals surface area contributed by atoms with Gasteiger partial charge in [0.2, 0.25) is 17.7 Å². The number of aromatic nitrogens is 4. The van der Waals surface area contributed by atoms with Crippen LogP contribution in [0, 0.1) is 0 Å². The number of hydrogen-bond acceptors (Lipinski definition) is 7. The van der Waals surface area contributed by atoms with Crippen LogP contribution in [0.2, 0.25) is 5.02 Å². The zero-order valence-corrected chi connectivity index (χ0v) is 19.1. The molecule has 0 saturated heterocycles. The summed E-state index contributed by atoms with van der Waals surface area (Å²) in [6.07, 6.45) is 1.60. The van der Waals surface area contributed by atoms with Crippen LogP contribution in [0.25, 0.3) is 28.1 Å². The molecule has 0 aliphatic heterocycles. The molecule has 0 unspecified atom stereocenters. The van der Waals surface area contributed by atoms with Crippen molar-refractivity contribution in [2.24, 2.45) is 0 Å². The van der Waals surface area contributed by atoms with Gasteiger partial charge in [-0.15, -0.1) is 5.10 Å². The van der Waals surface area contributed by atoms with E-state index in [2.05, 4.69) is 25.7 Å². The predicted octanol–water partition coefficient (Wildman–Crippen LogP) is 4.43. The molecule has 2 amide bonds. The monoisotopic (exact) mass is 470 g/mol. The number of fused-ring (bicyclic) bond motifs is 3. The van der Waals surface area contributed by atoms with Crippen molar-refractivity contribution in [2.75, 3.05) is 11.9 Å². The Bertz CT molecular complexity index is 1310. The number of ether oxygens (including phenoxy) is 1. The number of carbonyl (C=O) groups is 2. The number of anilines is 1. The lowest BCUT2D eigenvalue weighted by molar-refractivity contribution is -0.116. The van der Waals surface area contributed by atoms with Crippen LogP contribution in [-0.2, 0) is 9.53 Å². The fourth-order valence-electron chi connectivity index (χ4n) is 3.11. The first-order chi connectivity index (χ1) is 15.7. The van der Waals surface area contributed by atoms with E-state index in [1.54, 1.807) is 51.1 Å². The van der Waals surface area contributed by atoms with Crippen molar-refractivity contribution < 1.29 is 18.7 Å². The van der Waals surface area contributed by atoms with Gasteiger partial charge in [-0.25, -0.2) is 14.8 Å². The Morgan fingerprint density at radius 2 is 2.03 bits per heavy atom. The molecule has 0 aliphatic carbocycles. The number of rotatable bonds is 6. The summed E-state index contributed by atoms with van der Waals surface area (Å²) < 4.78 is 12.0. The van der Waals surface area contributed by atoms with Crippen LogP contribution in [0.15, 0.2) is 41.0 Å². The molecule has 4 rings (SSSR count). The van der Waals surface area contributed by atoms with Crippen molar-refractivity contribution in [2.45, 2.75) is 39.2 Å². The molecule has 0 radical (unpaired) electrons. The summed E-state index contributed by atoms with van der Waals surface area (Å²) in [6, 6.07) is 8.69. The SMILES string of the molecule is CC(C)(C)OC(=O)NCCCC(=O)Nc1nc2ccc(Cl)cc2c2nc(-c3ccco3)nn12. The van der Waals surface area contributed by atoms with Gasteiger partial charge in [0.1, 0.15) is 5.60 Å². The van der Waals surface area contributed by atoms with Gasteiger partial charge in [-0.05, 0) is 57.5 Å². The zero-order valence-electron chi connectivity index (χ0n) is 18.4. The van der Waals surface area contributed by atoms with E-state index in [0.717, 1.165) is 0 Å². The molecule has 2 N–H and O–H groups in total. The first-order valence-electron chi connectivity index (χ1n) is 10.4. The Morgan fingerprint density at radius 3 is 2.76 bits per heavy atom. The Hall–Kier alpha value is -3.66. The summed E-state index contributed by atoms with van der Waals surface area (Å²) in [7, 11) is 0. The second-order valence-corrected chi connectivity index (χ2v) is 8.76. The number of benzene rings is 1. The number of nitrogens with zero attached hydrogens (tertiary/aromatic N) is 4. The standard InChI is InChI=1S/C22H23ClN6O4/c1-22(2,3)33-21(31)24-10-4-7-17(30)26-20-25-15-9-8-13(23)12-14(15)19-27-18(28-29(19)20)16-6-5-11-32-16/h5-6,8-9,11-12H,4,7,10H2,1-3H3,(H,24,31)(H,25,26,30). The average Bonchev–Trinajstić information content (AvgIpc) is 3.40. The van der Waals surface area contributed by atoms with E-state index < -0.39 is 11.7 Å². The zero-order chi connectivity index (χ0) is 23.6. The lowest BCUT2D eigenvalue weighted by Gasteiger charge is -2.19. The van der Waals surface area contributed by atoms with Crippen LogP contribution in [0.4, 0.5) is 10.7 Å². The van der Waals surface area contributed by atoms with Crippen LogP contribution in [-0.4, -0.2) is 43.7 Å². The van der Waals surface area contributed by atoms with E-state index in [9.17, 15) is 9.59 Å². The van der Waals surface area contributed by atoms with Crippen molar-refractivity contribution in [3.8, 4) is 11.6 Å². The fraction of sp³-hybridized carbons (Fsp3) is 0.318. The number of alkyl carbamates (subject to hydrolysis) is 1. The summed E-state index contributed by atoms with van der Waals surface area (Å²) in [6.45, 7) is 5.65. The Balaban J connectivity index is 1.51. The third-order valence-corrected chi connectivity index (χ3v) is 4.71. The topological polar surface area (TPSA) is 124 Å². The van der Waals surface area contributed by atoms with Gasteiger partial charge in [-0.1, -0.05) is 11.6 Å². The maximum absolute atomic E-state index is 12.6. The Morgan fingerprint density at radius 1 is 1.21 bits per heavy atom. The Labute approximate surface area is 194 Å². The summed E-state index contributed by atoms with van der Waals surface area (Å²) >= 11 is 6.17. The van der Waals surface area contributed by atoms with E-state index in [1.807, 2.05) is 0 Å². The van der Waals surface area contributed by atoms with Gasteiger partial charge in [0.25, 0.3) is 0 Å². The van der Waals surface area contributed by atoms with Crippen molar-refractivity contribution in [3.05, 3.63) is 41.6 Å². The Kier molecular flexibility index (Phi) is 6.19. The van der Waals surface area contributed by atoms with Gasteiger partial charge in [-0.3, -0.25) is 10.1 Å². The molecule has 1 aromatic carbocycles. The van der Waals surface area contributed by atoms with Crippen LogP contribution in [0.1, 0.15) is 33.6 Å². The van der Waals surface area contributed by atoms with Crippen molar-refractivity contribution in [1.82, 2.24) is 24.9 Å². The molecule has 0 spiro atoms. The minimum absolute atomic E-state index is 0.164. The van der Waals surface area contributed by atoms with Crippen molar-refractivity contribution >= 4 is 46.1 Å². The number of amides is 2. The predicted molar refractivity (Wildman–Crippen MR) is 123 cm³/mol. The van der Waals surface area contributed by atoms with Crippen LogP contribution < -0.4 is 10.6 Å². The fourth-order valence-corrected chi connectivity index (χ4v) is 3.28. The smallest absolute Gasteiger partial charge is 0.407 e. The maximum Gasteiger partial charge on any atom is 0.407 e. The molecule has 3 aromatic heterocycles. The van der Waals surface area contributed by atoms with Gasteiger partial charge in [0.15, 0.2) is 11.4 Å². The van der Waals surface area contributed by atoms with Crippen LogP contribution in [0.5, 0.6) is 0 Å². The molecule has 11 heteroatoms. The second kappa shape index (κ2) is 9.07. The van der Waals surface area contributed by atoms with Crippen molar-refractivity contribution in [1.29, 1.82) is 0 Å². The molecule has 0 aliphatic rings. The largest absolute Gasteiger partial charge is 0.461 e. The molecule has 0 fully saturated rings. The minimum atomic E-state index is -0.578. The highest BCUT2D eigenvalue weighted by atomic mass is 35.5. The number of furan rings is 1. The molecule has 3 heterocycles. The van der Waals surface area contributed by atoms with Gasteiger partial charge in [0.05, 0.1) is 11.8 Å².